The van der Waals surface area contributed by atoms with Gasteiger partial charge in [-0.2, -0.15) is 0 Å². The number of para-hydroxylation sites is 1. The molecule has 2 amide bonds. The average Bonchev–Trinajstić information content (AvgIpc) is 3.41. The highest BCUT2D eigenvalue weighted by molar-refractivity contribution is 6.09. The van der Waals surface area contributed by atoms with Gasteiger partial charge in [-0.3, -0.25) is 9.59 Å². The van der Waals surface area contributed by atoms with Crippen LogP contribution < -0.4 is 15.4 Å². The van der Waals surface area contributed by atoms with Crippen molar-refractivity contribution in [2.24, 2.45) is 0 Å². The van der Waals surface area contributed by atoms with Gasteiger partial charge in [0, 0.05) is 17.0 Å². The molecule has 0 aliphatic rings. The number of fused-ring (bicyclic) bond motifs is 1. The predicted octanol–water partition coefficient (Wildman–Crippen LogP) is 3.95. The first-order valence-electron chi connectivity index (χ1n) is 9.02. The number of aromatic nitrogens is 1. The topological polar surface area (TPSA) is 96.4 Å². The second kappa shape index (κ2) is 7.93. The van der Waals surface area contributed by atoms with Gasteiger partial charge in [-0.25, -0.2) is 0 Å². The molecule has 0 aliphatic carbocycles. The molecular weight excluding hydrogens is 370 g/mol. The minimum Gasteiger partial charge on any atom is -0.497 e. The molecule has 146 valence electrons. The predicted molar refractivity (Wildman–Crippen MR) is 109 cm³/mol. The molecule has 0 fully saturated rings. The van der Waals surface area contributed by atoms with Crippen LogP contribution in [0.2, 0.25) is 0 Å². The molecule has 2 aromatic heterocycles. The normalized spacial score (nSPS) is 10.7. The Morgan fingerprint density at radius 3 is 2.69 bits per heavy atom. The largest absolute Gasteiger partial charge is 0.497 e. The Labute approximate surface area is 166 Å². The lowest BCUT2D eigenvalue weighted by molar-refractivity contribution is 0.0949. The van der Waals surface area contributed by atoms with Crippen LogP contribution in [0.1, 0.15) is 26.6 Å². The lowest BCUT2D eigenvalue weighted by atomic mass is 10.1. The molecule has 29 heavy (non-hydrogen) atoms. The van der Waals surface area contributed by atoms with Gasteiger partial charge in [0.2, 0.25) is 0 Å². The Morgan fingerprint density at radius 1 is 1.03 bits per heavy atom. The van der Waals surface area contributed by atoms with E-state index in [0.29, 0.717) is 28.5 Å². The summed E-state index contributed by atoms with van der Waals surface area (Å²) in [5.41, 5.74) is 1.97. The van der Waals surface area contributed by atoms with Crippen molar-refractivity contribution >= 4 is 28.4 Å². The molecule has 0 atom stereocenters. The third-order valence-corrected chi connectivity index (χ3v) is 4.50. The Kier molecular flexibility index (Phi) is 5.03. The van der Waals surface area contributed by atoms with Crippen molar-refractivity contribution in [3.8, 4) is 5.75 Å². The number of H-pyrrole nitrogens is 1. The zero-order valence-corrected chi connectivity index (χ0v) is 15.7. The molecule has 2 heterocycles. The van der Waals surface area contributed by atoms with Gasteiger partial charge in [-0.15, -0.1) is 0 Å². The van der Waals surface area contributed by atoms with E-state index < -0.39 is 0 Å². The first kappa shape index (κ1) is 18.4. The Balaban J connectivity index is 1.51. The quantitative estimate of drug-likeness (QED) is 0.465. The molecule has 0 saturated heterocycles. The molecule has 4 rings (SSSR count). The summed E-state index contributed by atoms with van der Waals surface area (Å²) in [6.07, 6.45) is 1.55. The summed E-state index contributed by atoms with van der Waals surface area (Å²) in [6.45, 7) is 0.262. The number of hydrogen-bond acceptors (Lipinski definition) is 4. The highest BCUT2D eigenvalue weighted by Crippen LogP contribution is 2.22. The van der Waals surface area contributed by atoms with E-state index in [1.54, 1.807) is 55.8 Å². The fraction of sp³-hybridized carbons (Fsp3) is 0.0909. The van der Waals surface area contributed by atoms with Crippen LogP contribution >= 0.6 is 0 Å². The number of carbonyl (C=O) groups is 2. The van der Waals surface area contributed by atoms with Crippen molar-refractivity contribution < 1.29 is 18.7 Å². The Bertz CT molecular complexity index is 1160. The van der Waals surface area contributed by atoms with Gasteiger partial charge in [0.1, 0.15) is 17.2 Å². The zero-order valence-electron chi connectivity index (χ0n) is 15.7. The maximum Gasteiger partial charge on any atom is 0.272 e. The van der Waals surface area contributed by atoms with Crippen LogP contribution in [-0.4, -0.2) is 23.9 Å². The molecular formula is C22H19N3O4. The van der Waals surface area contributed by atoms with Crippen LogP contribution in [0.25, 0.3) is 10.9 Å². The Hall–Kier alpha value is -4.00. The first-order valence-corrected chi connectivity index (χ1v) is 9.02. The zero-order chi connectivity index (χ0) is 20.2. The van der Waals surface area contributed by atoms with E-state index in [0.717, 1.165) is 10.9 Å². The maximum absolute atomic E-state index is 12.7. The van der Waals surface area contributed by atoms with E-state index in [4.69, 9.17) is 9.15 Å². The van der Waals surface area contributed by atoms with Crippen LogP contribution in [-0.2, 0) is 6.54 Å². The van der Waals surface area contributed by atoms with Crippen LogP contribution in [0.5, 0.6) is 5.75 Å². The van der Waals surface area contributed by atoms with Crippen LogP contribution in [0, 0.1) is 0 Å². The molecule has 7 nitrogen and oxygen atoms in total. The molecule has 0 aliphatic heterocycles. The highest BCUT2D eigenvalue weighted by atomic mass is 16.5. The Morgan fingerprint density at radius 2 is 1.90 bits per heavy atom. The number of furan rings is 1. The molecule has 0 radical (unpaired) electrons. The monoisotopic (exact) mass is 389 g/mol. The van der Waals surface area contributed by atoms with Gasteiger partial charge in [-0.05, 0) is 42.5 Å². The van der Waals surface area contributed by atoms with Gasteiger partial charge >= 0.3 is 0 Å². The van der Waals surface area contributed by atoms with Crippen molar-refractivity contribution in [1.82, 2.24) is 10.3 Å². The van der Waals surface area contributed by atoms with E-state index in [9.17, 15) is 9.59 Å². The van der Waals surface area contributed by atoms with E-state index in [1.807, 2.05) is 18.2 Å². The number of anilines is 1. The summed E-state index contributed by atoms with van der Waals surface area (Å²) >= 11 is 0. The fourth-order valence-electron chi connectivity index (χ4n) is 3.01. The van der Waals surface area contributed by atoms with Gasteiger partial charge in [0.15, 0.2) is 0 Å². The SMILES string of the molecule is COc1ccc2cc(C(=O)Nc3ccccc3C(=O)NCc3ccco3)[nH]c2c1. The van der Waals surface area contributed by atoms with Crippen molar-refractivity contribution in [1.29, 1.82) is 0 Å². The van der Waals surface area contributed by atoms with Crippen LogP contribution in [0.15, 0.2) is 71.3 Å². The second-order valence-corrected chi connectivity index (χ2v) is 6.40. The lowest BCUT2D eigenvalue weighted by Gasteiger charge is -2.10. The summed E-state index contributed by atoms with van der Waals surface area (Å²) in [4.78, 5) is 28.4. The molecule has 0 unspecified atom stereocenters. The number of nitrogens with one attached hydrogen (secondary N) is 3. The number of aromatic amines is 1. The molecule has 0 spiro atoms. The number of rotatable bonds is 6. The van der Waals surface area contributed by atoms with E-state index in [-0.39, 0.29) is 18.4 Å². The molecule has 4 aromatic rings. The number of benzene rings is 2. The second-order valence-electron chi connectivity index (χ2n) is 6.40. The summed E-state index contributed by atoms with van der Waals surface area (Å²) in [5.74, 6) is 0.698. The van der Waals surface area contributed by atoms with Crippen molar-refractivity contribution in [3.05, 3.63) is 83.9 Å². The maximum atomic E-state index is 12.7. The number of carbonyl (C=O) groups excluding carboxylic acids is 2. The van der Waals surface area contributed by atoms with E-state index in [1.165, 1.54) is 0 Å². The molecule has 0 bridgehead atoms. The summed E-state index contributed by atoms with van der Waals surface area (Å²) in [5, 5.41) is 6.48. The van der Waals surface area contributed by atoms with Gasteiger partial charge in [-0.1, -0.05) is 12.1 Å². The van der Waals surface area contributed by atoms with Crippen molar-refractivity contribution in [2.75, 3.05) is 12.4 Å². The average molecular weight is 389 g/mol. The fourth-order valence-corrected chi connectivity index (χ4v) is 3.01. The van der Waals surface area contributed by atoms with Gasteiger partial charge in [0.05, 0.1) is 31.2 Å². The first-order chi connectivity index (χ1) is 14.1. The van der Waals surface area contributed by atoms with Crippen molar-refractivity contribution in [2.45, 2.75) is 6.54 Å². The minimum atomic E-state index is -0.341. The molecule has 7 heteroatoms. The highest BCUT2D eigenvalue weighted by Gasteiger charge is 2.16. The lowest BCUT2D eigenvalue weighted by Crippen LogP contribution is -2.24. The number of hydrogen-bond donors (Lipinski definition) is 3. The molecule has 0 saturated carbocycles. The standard InChI is InChI=1S/C22H19N3O4/c1-28-15-9-8-14-11-20(24-19(14)12-15)22(27)25-18-7-3-2-6-17(18)21(26)23-13-16-5-4-10-29-16/h2-12,24H,13H2,1H3,(H,23,26)(H,25,27). The summed E-state index contributed by atoms with van der Waals surface area (Å²) < 4.78 is 10.4. The van der Waals surface area contributed by atoms with Crippen LogP contribution in [0.3, 0.4) is 0 Å². The van der Waals surface area contributed by atoms with Crippen molar-refractivity contribution in [3.63, 3.8) is 0 Å². The van der Waals surface area contributed by atoms with Gasteiger partial charge in [0.25, 0.3) is 11.8 Å². The van der Waals surface area contributed by atoms with Gasteiger partial charge < -0.3 is 24.8 Å². The van der Waals surface area contributed by atoms with E-state index >= 15 is 0 Å². The minimum absolute atomic E-state index is 0.262. The number of methoxy groups -OCH3 is 1. The summed E-state index contributed by atoms with van der Waals surface area (Å²) in [7, 11) is 1.59. The third kappa shape index (κ3) is 3.98. The molecule has 3 N–H and O–H groups in total. The summed E-state index contributed by atoms with van der Waals surface area (Å²) in [6, 6.07) is 17.7. The molecule has 2 aromatic carbocycles. The number of ether oxygens (including phenoxy) is 1. The third-order valence-electron chi connectivity index (χ3n) is 4.50. The number of amides is 2. The smallest absolute Gasteiger partial charge is 0.272 e. The van der Waals surface area contributed by atoms with E-state index in [2.05, 4.69) is 15.6 Å². The van der Waals surface area contributed by atoms with Crippen LogP contribution in [0.4, 0.5) is 5.69 Å².